The fraction of sp³-hybridized carbons (Fsp3) is 0. The van der Waals surface area contributed by atoms with Gasteiger partial charge in [-0.25, -0.2) is 0 Å². The Hall–Kier alpha value is -7.76. The van der Waals surface area contributed by atoms with Gasteiger partial charge in [0.2, 0.25) is 0 Å². The van der Waals surface area contributed by atoms with Crippen molar-refractivity contribution in [3.05, 3.63) is 212 Å². The lowest BCUT2D eigenvalue weighted by Gasteiger charge is -2.45. The van der Waals surface area contributed by atoms with Crippen LogP contribution in [0.3, 0.4) is 0 Å². The second-order valence-corrected chi connectivity index (χ2v) is 15.6. The van der Waals surface area contributed by atoms with Crippen LogP contribution in [0.15, 0.2) is 212 Å². The molecular formula is C54H35BN4. The van der Waals surface area contributed by atoms with E-state index in [2.05, 4.69) is 231 Å². The minimum atomic E-state index is -0.127. The molecule has 2 aliphatic rings. The third-order valence-corrected chi connectivity index (χ3v) is 12.7. The Kier molecular flexibility index (Phi) is 6.78. The van der Waals surface area contributed by atoms with Gasteiger partial charge in [0.15, 0.2) is 0 Å². The fourth-order valence-electron chi connectivity index (χ4n) is 10.4. The smallest absolute Gasteiger partial charge is 0.257 e. The van der Waals surface area contributed by atoms with Crippen LogP contribution in [-0.4, -0.2) is 15.8 Å². The Morgan fingerprint density at radius 1 is 0.237 bits per heavy atom. The molecule has 0 bridgehead atoms. The van der Waals surface area contributed by atoms with E-state index >= 15 is 0 Å². The predicted octanol–water partition coefficient (Wildman–Crippen LogP) is 12.0. The minimum Gasteiger partial charge on any atom is -0.311 e. The van der Waals surface area contributed by atoms with E-state index in [4.69, 9.17) is 0 Å². The van der Waals surface area contributed by atoms with Gasteiger partial charge in [-0.1, -0.05) is 127 Å². The first-order valence-electron chi connectivity index (χ1n) is 20.4. The van der Waals surface area contributed by atoms with Gasteiger partial charge in [-0.05, 0) is 101 Å². The zero-order valence-corrected chi connectivity index (χ0v) is 32.1. The van der Waals surface area contributed by atoms with Crippen LogP contribution in [0.4, 0.5) is 34.1 Å². The second-order valence-electron chi connectivity index (χ2n) is 15.6. The number of nitrogens with zero attached hydrogens (tertiary/aromatic N) is 4. The first-order valence-corrected chi connectivity index (χ1v) is 20.4. The van der Waals surface area contributed by atoms with E-state index in [9.17, 15) is 0 Å². The average molecular weight is 751 g/mol. The zero-order chi connectivity index (χ0) is 38.6. The number of para-hydroxylation sites is 6. The second kappa shape index (κ2) is 12.4. The molecule has 13 rings (SSSR count). The first-order chi connectivity index (χ1) is 29.3. The van der Waals surface area contributed by atoms with Crippen molar-refractivity contribution in [2.45, 2.75) is 0 Å². The third-order valence-electron chi connectivity index (χ3n) is 12.7. The molecule has 4 heterocycles. The largest absolute Gasteiger partial charge is 0.311 e. The first kappa shape index (κ1) is 32.3. The highest BCUT2D eigenvalue weighted by molar-refractivity contribution is 7.01. The van der Waals surface area contributed by atoms with Crippen LogP contribution >= 0.6 is 0 Å². The summed E-state index contributed by atoms with van der Waals surface area (Å²) in [7, 11) is 0. The molecule has 0 atom stereocenters. The van der Waals surface area contributed by atoms with Gasteiger partial charge in [0.05, 0.1) is 22.1 Å². The molecule has 5 heteroatoms. The quantitative estimate of drug-likeness (QED) is 0.167. The normalized spacial score (nSPS) is 13.0. The molecule has 9 aromatic carbocycles. The van der Waals surface area contributed by atoms with Gasteiger partial charge < -0.3 is 18.9 Å². The van der Waals surface area contributed by atoms with Crippen LogP contribution in [0, 0.1) is 0 Å². The summed E-state index contributed by atoms with van der Waals surface area (Å²) in [5.41, 5.74) is 18.0. The number of fused-ring (bicyclic) bond motifs is 10. The molecule has 0 radical (unpaired) electrons. The van der Waals surface area contributed by atoms with Crippen molar-refractivity contribution >= 4 is 101 Å². The topological polar surface area (TPSA) is 16.3 Å². The Morgan fingerprint density at radius 2 is 0.508 bits per heavy atom. The molecule has 11 aromatic rings. The molecule has 0 saturated carbocycles. The van der Waals surface area contributed by atoms with Crippen LogP contribution in [0.1, 0.15) is 0 Å². The molecule has 0 N–H and O–H groups in total. The highest BCUT2D eigenvalue weighted by Gasteiger charge is 2.46. The maximum Gasteiger partial charge on any atom is 0.257 e. The van der Waals surface area contributed by atoms with Gasteiger partial charge >= 0.3 is 0 Å². The van der Waals surface area contributed by atoms with Crippen LogP contribution in [0.5, 0.6) is 0 Å². The zero-order valence-electron chi connectivity index (χ0n) is 32.1. The van der Waals surface area contributed by atoms with Crippen molar-refractivity contribution in [3.63, 3.8) is 0 Å². The van der Waals surface area contributed by atoms with Gasteiger partial charge in [-0.15, -0.1) is 0 Å². The Morgan fingerprint density at radius 3 is 0.847 bits per heavy atom. The van der Waals surface area contributed by atoms with Crippen LogP contribution in [-0.2, 0) is 0 Å². The highest BCUT2D eigenvalue weighted by Crippen LogP contribution is 2.46. The molecule has 0 aliphatic carbocycles. The Labute approximate surface area is 342 Å². The lowest BCUT2D eigenvalue weighted by molar-refractivity contribution is 1.17. The van der Waals surface area contributed by atoms with Gasteiger partial charge in [-0.3, -0.25) is 0 Å². The van der Waals surface area contributed by atoms with Crippen molar-refractivity contribution in [2.24, 2.45) is 0 Å². The molecule has 0 fully saturated rings. The summed E-state index contributed by atoms with van der Waals surface area (Å²) in [5.74, 6) is 0. The summed E-state index contributed by atoms with van der Waals surface area (Å²) in [5, 5.41) is 5.01. The standard InChI is InChI=1S/C54H35BN4/c1-3-18-36(19-4-1)56-46-30-15-31-47-52(46)55(53-48(56)32-16-34-50(53)58-42-26-11-7-22-38(42)39-23-8-12-27-43(39)58)54-49(57(47)37-20-5-2-6-21-37)33-17-35-51(54)59-44-28-13-9-24-40(44)41-25-10-14-29-45(41)59/h1-35H. The SMILES string of the molecule is c1ccc(N2c3cccc4c3B(c3c2cccc3-n2c3ccccc3c3ccccc32)c2c(cccc2-n2c3ccccc3c3ccccc32)N4c2ccccc2)cc1. The number of benzene rings is 9. The third kappa shape index (κ3) is 4.44. The number of rotatable bonds is 4. The number of hydrogen-bond donors (Lipinski definition) is 0. The molecular weight excluding hydrogens is 715 g/mol. The maximum absolute atomic E-state index is 2.52. The monoisotopic (exact) mass is 750 g/mol. The van der Waals surface area contributed by atoms with Crippen molar-refractivity contribution in [3.8, 4) is 11.4 Å². The molecule has 2 aromatic heterocycles. The molecule has 59 heavy (non-hydrogen) atoms. The van der Waals surface area contributed by atoms with E-state index < -0.39 is 0 Å². The molecule has 0 amide bonds. The van der Waals surface area contributed by atoms with Crippen molar-refractivity contribution in [1.82, 2.24) is 9.13 Å². The molecule has 0 saturated heterocycles. The van der Waals surface area contributed by atoms with E-state index in [-0.39, 0.29) is 6.71 Å². The lowest BCUT2D eigenvalue weighted by atomic mass is 9.32. The van der Waals surface area contributed by atoms with Crippen LogP contribution < -0.4 is 26.2 Å². The Balaban J connectivity index is 1.22. The average Bonchev–Trinajstić information content (AvgIpc) is 3.82. The Bertz CT molecular complexity index is 3140. The summed E-state index contributed by atoms with van der Waals surface area (Å²) in [6.07, 6.45) is 0. The number of aromatic nitrogens is 2. The van der Waals surface area contributed by atoms with Crippen LogP contribution in [0.25, 0.3) is 55.0 Å². The van der Waals surface area contributed by atoms with E-state index in [1.54, 1.807) is 0 Å². The van der Waals surface area contributed by atoms with Gasteiger partial charge in [0.1, 0.15) is 0 Å². The highest BCUT2D eigenvalue weighted by atomic mass is 15.2. The van der Waals surface area contributed by atoms with Crippen molar-refractivity contribution in [1.29, 1.82) is 0 Å². The van der Waals surface area contributed by atoms with Crippen molar-refractivity contribution < 1.29 is 0 Å². The number of hydrogen-bond acceptors (Lipinski definition) is 2. The van der Waals surface area contributed by atoms with E-state index in [1.807, 2.05) is 0 Å². The summed E-state index contributed by atoms with van der Waals surface area (Å²) < 4.78 is 5.04. The fourth-order valence-corrected chi connectivity index (χ4v) is 10.4. The summed E-state index contributed by atoms with van der Waals surface area (Å²) in [4.78, 5) is 5.00. The van der Waals surface area contributed by atoms with Gasteiger partial charge in [0, 0.05) is 67.0 Å². The van der Waals surface area contributed by atoms with E-state index in [1.165, 1.54) is 94.1 Å². The van der Waals surface area contributed by atoms with Crippen LogP contribution in [0.2, 0.25) is 0 Å². The summed E-state index contributed by atoms with van der Waals surface area (Å²) >= 11 is 0. The minimum absolute atomic E-state index is 0.127. The van der Waals surface area contributed by atoms with E-state index in [0.29, 0.717) is 0 Å². The molecule has 2 aliphatic heterocycles. The maximum atomic E-state index is 2.52. The molecule has 0 spiro atoms. The lowest BCUT2D eigenvalue weighted by Crippen LogP contribution is -2.63. The molecule has 4 nitrogen and oxygen atoms in total. The van der Waals surface area contributed by atoms with E-state index in [0.717, 1.165) is 11.4 Å². The number of anilines is 6. The molecule has 274 valence electrons. The summed E-state index contributed by atoms with van der Waals surface area (Å²) in [6, 6.07) is 78.1. The molecule has 0 unspecified atom stereocenters. The van der Waals surface area contributed by atoms with Gasteiger partial charge in [-0.2, -0.15) is 0 Å². The van der Waals surface area contributed by atoms with Gasteiger partial charge in [0.25, 0.3) is 6.71 Å². The van der Waals surface area contributed by atoms with Crippen molar-refractivity contribution in [2.75, 3.05) is 9.80 Å². The predicted molar refractivity (Wildman–Crippen MR) is 249 cm³/mol. The summed E-state index contributed by atoms with van der Waals surface area (Å²) in [6.45, 7) is -0.127.